The molecule has 0 unspecified atom stereocenters. The molecule has 242 valence electrons. The minimum atomic E-state index is -4.73. The van der Waals surface area contributed by atoms with Crippen LogP contribution in [0, 0.1) is 17.1 Å². The molecule has 1 aliphatic heterocycles. The monoisotopic (exact) mass is 648 g/mol. The van der Waals surface area contributed by atoms with E-state index in [-0.39, 0.29) is 35.7 Å². The van der Waals surface area contributed by atoms with Gasteiger partial charge in [-0.1, -0.05) is 36.4 Å². The van der Waals surface area contributed by atoms with E-state index in [9.17, 15) is 42.3 Å². The highest BCUT2D eigenvalue weighted by Gasteiger charge is 2.47. The summed E-state index contributed by atoms with van der Waals surface area (Å²) in [4.78, 5) is 44.3. The maximum absolute atomic E-state index is 14.3. The fourth-order valence-electron chi connectivity index (χ4n) is 5.61. The predicted octanol–water partition coefficient (Wildman–Crippen LogP) is 4.29. The van der Waals surface area contributed by atoms with Gasteiger partial charge >= 0.3 is 6.18 Å². The summed E-state index contributed by atoms with van der Waals surface area (Å²) in [6.07, 6.45) is -4.73. The maximum atomic E-state index is 14.3. The number of aromatic nitrogens is 2. The van der Waals surface area contributed by atoms with Crippen LogP contribution in [0.4, 0.5) is 23.4 Å². The fourth-order valence-corrected chi connectivity index (χ4v) is 5.61. The number of anilines is 1. The van der Waals surface area contributed by atoms with Gasteiger partial charge in [0.05, 0.1) is 23.9 Å². The number of hydrogen-bond donors (Lipinski definition) is 2. The van der Waals surface area contributed by atoms with Gasteiger partial charge < -0.3 is 15.3 Å². The Morgan fingerprint density at radius 1 is 1.06 bits per heavy atom. The summed E-state index contributed by atoms with van der Waals surface area (Å²) in [5, 5.41) is 26.2. The molecule has 0 bridgehead atoms. The smallest absolute Gasteiger partial charge is 0.395 e. The van der Waals surface area contributed by atoms with Crippen molar-refractivity contribution in [2.75, 3.05) is 31.1 Å². The average Bonchev–Trinajstić information content (AvgIpc) is 3.45. The van der Waals surface area contributed by atoms with Gasteiger partial charge in [0.25, 0.3) is 17.7 Å². The van der Waals surface area contributed by atoms with Crippen LogP contribution in [-0.2, 0) is 11.0 Å². The summed E-state index contributed by atoms with van der Waals surface area (Å²) < 4.78 is 55.9. The third-order valence-corrected chi connectivity index (χ3v) is 7.73. The molecule has 4 aromatic rings. The van der Waals surface area contributed by atoms with Crippen molar-refractivity contribution in [1.29, 1.82) is 5.26 Å². The molecule has 2 heterocycles. The molecule has 2 atom stereocenters. The van der Waals surface area contributed by atoms with E-state index in [1.165, 1.54) is 27.8 Å². The summed E-state index contributed by atoms with van der Waals surface area (Å²) in [6, 6.07) is 17.7. The number of rotatable bonds is 9. The molecular weight excluding hydrogens is 620 g/mol. The molecule has 0 fully saturated rings. The Hall–Kier alpha value is -5.55. The van der Waals surface area contributed by atoms with Crippen LogP contribution in [0.3, 0.4) is 0 Å². The topological polar surface area (TPSA) is 132 Å². The lowest BCUT2D eigenvalue weighted by Gasteiger charge is -2.38. The number of halogens is 4. The lowest BCUT2D eigenvalue weighted by atomic mass is 9.80. The molecule has 2 N–H and O–H groups in total. The number of aliphatic hydroxyl groups is 1. The molecule has 47 heavy (non-hydrogen) atoms. The van der Waals surface area contributed by atoms with Crippen LogP contribution in [0.2, 0.25) is 0 Å². The van der Waals surface area contributed by atoms with Gasteiger partial charge in [-0.15, -0.1) is 0 Å². The SMILES string of the molecule is CCN1C(=O)[C@@H](NC(=O)c2cccc(C(F)(F)F)c2)[C@@H](c2ccc(F)cc2)c2c(C(=O)N(CC#N)CCO)nn(-c3ccccc3)c21. The first kappa shape index (κ1) is 32.8. The van der Waals surface area contributed by atoms with E-state index in [0.717, 1.165) is 29.2 Å². The van der Waals surface area contributed by atoms with E-state index in [1.54, 1.807) is 37.3 Å². The number of benzene rings is 3. The normalized spacial score (nSPS) is 15.9. The van der Waals surface area contributed by atoms with Gasteiger partial charge in [0.2, 0.25) is 0 Å². The van der Waals surface area contributed by atoms with Crippen LogP contribution in [0.15, 0.2) is 78.9 Å². The van der Waals surface area contributed by atoms with E-state index in [0.29, 0.717) is 17.3 Å². The zero-order valence-electron chi connectivity index (χ0n) is 24.9. The van der Waals surface area contributed by atoms with Crippen LogP contribution < -0.4 is 10.2 Å². The molecule has 5 rings (SSSR count). The zero-order chi connectivity index (χ0) is 33.9. The minimum absolute atomic E-state index is 0.0304. The highest BCUT2D eigenvalue weighted by molar-refractivity contribution is 6.07. The molecule has 0 spiro atoms. The Morgan fingerprint density at radius 3 is 2.38 bits per heavy atom. The third-order valence-electron chi connectivity index (χ3n) is 7.73. The average molecular weight is 649 g/mol. The van der Waals surface area contributed by atoms with Crippen LogP contribution >= 0.6 is 0 Å². The Kier molecular flexibility index (Phi) is 9.39. The Bertz CT molecular complexity index is 1840. The molecule has 0 saturated carbocycles. The van der Waals surface area contributed by atoms with Crippen molar-refractivity contribution in [1.82, 2.24) is 20.0 Å². The molecule has 14 heteroatoms. The highest BCUT2D eigenvalue weighted by Crippen LogP contribution is 2.44. The summed E-state index contributed by atoms with van der Waals surface area (Å²) in [5.74, 6) is -4.02. The van der Waals surface area contributed by atoms with Crippen molar-refractivity contribution < 1.29 is 37.1 Å². The maximum Gasteiger partial charge on any atom is 0.416 e. The van der Waals surface area contributed by atoms with Crippen molar-refractivity contribution in [3.63, 3.8) is 0 Å². The van der Waals surface area contributed by atoms with Crippen molar-refractivity contribution >= 4 is 23.5 Å². The van der Waals surface area contributed by atoms with E-state index in [2.05, 4.69) is 10.4 Å². The number of fused-ring (bicyclic) bond motifs is 1. The Balaban J connectivity index is 1.75. The molecule has 0 radical (unpaired) electrons. The standard InChI is InChI=1S/C33H28F4N6O4/c1-2-42-30-26(28(31(46)41(16-15-38)17-18-44)40-43(30)24-9-4-3-5-10-24)25(20-11-13-23(34)14-12-20)27(32(42)47)39-29(45)21-7-6-8-22(19-21)33(35,36)37/h3-14,19,25,27,44H,2,16-18H2,1H3,(H,39,45)/t25-,27-/m0/s1. The number of alkyl halides is 3. The molecule has 0 aliphatic carbocycles. The largest absolute Gasteiger partial charge is 0.416 e. The van der Waals surface area contributed by atoms with Gasteiger partial charge in [0, 0.05) is 30.1 Å². The van der Waals surface area contributed by atoms with Gasteiger partial charge in [-0.05, 0) is 55.0 Å². The van der Waals surface area contributed by atoms with Gasteiger partial charge in [-0.3, -0.25) is 19.3 Å². The number of likely N-dealkylation sites (N-methyl/N-ethyl adjacent to an activating group) is 1. The number of para-hydroxylation sites is 1. The summed E-state index contributed by atoms with van der Waals surface area (Å²) in [6.45, 7) is 0.601. The molecule has 0 saturated heterocycles. The number of carbonyl (C=O) groups is 3. The summed E-state index contributed by atoms with van der Waals surface area (Å²) in [5.41, 5.74) is -0.715. The number of nitrogens with one attached hydrogen (secondary N) is 1. The molecule has 1 aromatic heterocycles. The van der Waals surface area contributed by atoms with Crippen molar-refractivity contribution in [3.8, 4) is 11.8 Å². The quantitative estimate of drug-likeness (QED) is 0.206. The summed E-state index contributed by atoms with van der Waals surface area (Å²) in [7, 11) is 0. The van der Waals surface area contributed by atoms with Gasteiger partial charge in [-0.25, -0.2) is 9.07 Å². The number of aliphatic hydroxyl groups excluding tert-OH is 1. The Morgan fingerprint density at radius 2 is 1.77 bits per heavy atom. The number of amides is 3. The second-order valence-electron chi connectivity index (χ2n) is 10.6. The molecular formula is C33H28F4N6O4. The van der Waals surface area contributed by atoms with Crippen molar-refractivity contribution in [2.45, 2.75) is 25.1 Å². The molecule has 3 aromatic carbocycles. The lowest BCUT2D eigenvalue weighted by molar-refractivity contribution is -0.137. The van der Waals surface area contributed by atoms with Crippen LogP contribution in [0.5, 0.6) is 0 Å². The van der Waals surface area contributed by atoms with Crippen LogP contribution in [0.1, 0.15) is 50.4 Å². The van der Waals surface area contributed by atoms with Gasteiger partial charge in [-0.2, -0.15) is 23.5 Å². The summed E-state index contributed by atoms with van der Waals surface area (Å²) >= 11 is 0. The third kappa shape index (κ3) is 6.43. The zero-order valence-corrected chi connectivity index (χ0v) is 24.9. The number of nitrogens with zero attached hydrogens (tertiary/aromatic N) is 5. The first-order valence-corrected chi connectivity index (χ1v) is 14.5. The number of carbonyl (C=O) groups excluding carboxylic acids is 3. The number of nitriles is 1. The van der Waals surface area contributed by atoms with Crippen LogP contribution in [0.25, 0.3) is 5.69 Å². The van der Waals surface area contributed by atoms with E-state index < -0.39 is 60.4 Å². The molecule has 1 aliphatic rings. The second kappa shape index (κ2) is 13.4. The second-order valence-corrected chi connectivity index (χ2v) is 10.6. The molecule has 10 nitrogen and oxygen atoms in total. The van der Waals surface area contributed by atoms with Gasteiger partial charge in [0.15, 0.2) is 5.69 Å². The van der Waals surface area contributed by atoms with E-state index in [1.807, 2.05) is 6.07 Å². The molecule has 3 amide bonds. The highest BCUT2D eigenvalue weighted by atomic mass is 19.4. The Labute approximate surface area is 266 Å². The number of hydrogen-bond acceptors (Lipinski definition) is 6. The van der Waals surface area contributed by atoms with Crippen molar-refractivity contribution in [3.05, 3.63) is 113 Å². The van der Waals surface area contributed by atoms with Gasteiger partial charge in [0.1, 0.15) is 24.2 Å². The minimum Gasteiger partial charge on any atom is -0.395 e. The predicted molar refractivity (Wildman–Crippen MR) is 161 cm³/mol. The first-order valence-electron chi connectivity index (χ1n) is 14.5. The first-order chi connectivity index (χ1) is 22.5. The van der Waals surface area contributed by atoms with Crippen LogP contribution in [-0.4, -0.2) is 69.8 Å². The fraction of sp³-hybridized carbons (Fsp3) is 0.242. The van der Waals surface area contributed by atoms with Crippen molar-refractivity contribution in [2.24, 2.45) is 0 Å². The van der Waals surface area contributed by atoms with E-state index >= 15 is 0 Å². The van der Waals surface area contributed by atoms with E-state index in [4.69, 9.17) is 0 Å². The lowest BCUT2D eigenvalue weighted by Crippen LogP contribution is -2.55.